The SMILES string of the molecule is CC(C)(C)c1ccc2c(c1)C(C)(C)C1=CC3C(C=C12)CCC3[SiH2]N(C(C)(C)C)C(C)(C)C.CC1(C)C2=CC3C(C=C2c2ccccc21)CCC3[Si]1(N(C2CCCCC2)C(C)(C)C)CCCCC1.CC1CC2C=C3C(=CC2C1[Si]1(N(C(C)(C)C)C(C)(C)C)CCCCC1)C(C)(C)c1ccccc13.CC1CC2C=C3C(=CC2C1[Si]1(N(C2CCCCC2)C(C)(C)C)CCCCC1)C(C)(C)c1ccccc13. The summed E-state index contributed by atoms with van der Waals surface area (Å²) in [5, 5.41) is 0. The smallest absolute Gasteiger partial charge is 0.133 e. The molecular formula is C129H196N4Si4. The van der Waals surface area contributed by atoms with Gasteiger partial charge in [0.1, 0.15) is 24.7 Å². The molecule has 14 atom stereocenters. The van der Waals surface area contributed by atoms with E-state index < -0.39 is 24.7 Å². The van der Waals surface area contributed by atoms with E-state index in [2.05, 4.69) is 373 Å². The summed E-state index contributed by atoms with van der Waals surface area (Å²) in [6.45, 7) is 77.1. The molecule has 748 valence electrons. The van der Waals surface area contributed by atoms with E-state index in [9.17, 15) is 0 Å². The van der Waals surface area contributed by atoms with E-state index in [4.69, 9.17) is 0 Å². The molecule has 0 aromatic heterocycles. The number of allylic oxidation sites excluding steroid dienone is 16. The van der Waals surface area contributed by atoms with Crippen LogP contribution in [0.4, 0.5) is 0 Å². The highest BCUT2D eigenvalue weighted by molar-refractivity contribution is 6.80. The molecule has 14 unspecified atom stereocenters. The molecule has 3 heterocycles. The van der Waals surface area contributed by atoms with Crippen molar-refractivity contribution >= 4 is 56.7 Å². The molecule has 3 saturated heterocycles. The Kier molecular flexibility index (Phi) is 27.8. The van der Waals surface area contributed by atoms with Crippen LogP contribution in [0.2, 0.25) is 58.4 Å². The van der Waals surface area contributed by atoms with E-state index >= 15 is 0 Å². The highest BCUT2D eigenvalue weighted by atomic mass is 28.3. The third-order valence-electron chi connectivity index (χ3n) is 40.5. The van der Waals surface area contributed by atoms with Crippen molar-refractivity contribution in [2.45, 2.75) is 506 Å². The van der Waals surface area contributed by atoms with Crippen LogP contribution in [0.25, 0.3) is 22.3 Å². The van der Waals surface area contributed by atoms with E-state index in [-0.39, 0.29) is 64.5 Å². The lowest BCUT2D eigenvalue weighted by molar-refractivity contribution is 0.115. The first-order valence-electron chi connectivity index (χ1n) is 57.6. The van der Waals surface area contributed by atoms with Crippen LogP contribution in [-0.4, -0.2) is 98.0 Å². The van der Waals surface area contributed by atoms with Crippen LogP contribution < -0.4 is 0 Å². The zero-order chi connectivity index (χ0) is 98.3. The van der Waals surface area contributed by atoms with Gasteiger partial charge in [-0.2, -0.15) is 0 Å². The van der Waals surface area contributed by atoms with Crippen molar-refractivity contribution in [2.75, 3.05) is 0 Å². The van der Waals surface area contributed by atoms with Gasteiger partial charge in [-0.3, -0.25) is 0 Å². The maximum atomic E-state index is 3.31. The molecule has 8 heteroatoms. The average Bonchev–Trinajstić information content (AvgIpc) is 1.51. The molecule has 6 saturated carbocycles. The Balaban J connectivity index is 0.000000122. The largest absolute Gasteiger partial charge is 0.320 e. The average molecular weight is 1920 g/mol. The van der Waals surface area contributed by atoms with Gasteiger partial charge in [0.2, 0.25) is 0 Å². The zero-order valence-electron chi connectivity index (χ0n) is 93.4. The fourth-order valence-electron chi connectivity index (χ4n) is 36.6. The van der Waals surface area contributed by atoms with Crippen molar-refractivity contribution in [1.29, 1.82) is 0 Å². The molecule has 21 rings (SSSR count). The summed E-state index contributed by atoms with van der Waals surface area (Å²) in [6.07, 6.45) is 58.6. The van der Waals surface area contributed by atoms with Crippen molar-refractivity contribution in [3.05, 3.63) is 212 Å². The maximum absolute atomic E-state index is 3.31. The number of fused-ring (bicyclic) bond motifs is 16. The summed E-state index contributed by atoms with van der Waals surface area (Å²) in [7, 11) is -5.40. The standard InChI is InChI=1S/C34H51NSi.C33H49NSi.C32H49NSi.C30H47NSi/c1-24-21-25-22-29-27-17-11-12-18-30(27)34(5,6)31(29)23-28(25)32(24)36(19-13-8-14-20-36)35(33(2,3)4)26-15-9-7-10-16-26;1-32(2,3)34(25-14-8-6-9-15-25)35(20-12-7-13-21-35)31-19-18-24-22-28-26-16-10-11-17-29(26)33(4,5)30(28)23-27(24)31;1-22-19-23-20-26-24-15-11-12-16-27(24)32(8,9)28(26)21-25(23)29(22)34(17-13-10-14-18-34)33(30(2,3)4)31(5,6)7;1-27(2,3)20-13-14-21-23-16-19-12-15-26(32-31(28(4,5)6)29(7,8)9)22(19)18-25(23)30(10,11)24(21)17-20/h11-12,17-18,22-26,28,32H,7-10,13-16,19-21H2,1-6H3;10-11,16-17,22-25,27,31H,6-9,12-15,18-21H2,1-5H3;11-12,15-16,20-23,25,29H,10,13-14,17-19H2,1-9H3;13-14,16-19,22,26H,12,15,32H2,1-11H3. The summed E-state index contributed by atoms with van der Waals surface area (Å²) in [5.41, 5.74) is 32.4. The second-order valence-corrected chi connectivity index (χ2v) is 73.2. The van der Waals surface area contributed by atoms with Crippen LogP contribution in [0.5, 0.6) is 0 Å². The predicted molar refractivity (Wildman–Crippen MR) is 606 cm³/mol. The third-order valence-corrected chi connectivity index (χ3v) is 64.2. The minimum absolute atomic E-state index is 0.107. The first-order valence-corrected chi connectivity index (χ1v) is 66.3. The van der Waals surface area contributed by atoms with Crippen LogP contribution >= 0.6 is 0 Å². The summed E-state index contributed by atoms with van der Waals surface area (Å²) in [6, 6.07) is 46.0. The lowest BCUT2D eigenvalue weighted by Crippen LogP contribution is -2.70. The number of nitrogens with zero attached hydrogens (tertiary/aromatic N) is 4. The van der Waals surface area contributed by atoms with E-state index in [1.54, 1.807) is 85.5 Å². The van der Waals surface area contributed by atoms with Gasteiger partial charge in [0, 0.05) is 67.0 Å². The Labute approximate surface area is 845 Å². The van der Waals surface area contributed by atoms with Crippen molar-refractivity contribution in [2.24, 2.45) is 59.2 Å². The van der Waals surface area contributed by atoms with E-state index in [1.165, 1.54) is 206 Å². The third kappa shape index (κ3) is 18.3. The van der Waals surface area contributed by atoms with Crippen molar-refractivity contribution in [1.82, 2.24) is 18.3 Å². The summed E-state index contributed by atoms with van der Waals surface area (Å²) >= 11 is 0. The van der Waals surface area contributed by atoms with Crippen LogP contribution in [0.1, 0.15) is 425 Å². The maximum Gasteiger partial charge on any atom is 0.133 e. The molecule has 0 amide bonds. The molecule has 4 aromatic carbocycles. The van der Waals surface area contributed by atoms with Gasteiger partial charge < -0.3 is 18.3 Å². The van der Waals surface area contributed by atoms with Gasteiger partial charge in [-0.05, 0) is 394 Å². The van der Waals surface area contributed by atoms with Gasteiger partial charge in [0.25, 0.3) is 0 Å². The van der Waals surface area contributed by atoms with Gasteiger partial charge >= 0.3 is 0 Å². The number of rotatable bonds is 10. The van der Waals surface area contributed by atoms with Gasteiger partial charge in [0.05, 0.1) is 9.68 Å². The molecule has 3 aliphatic heterocycles. The minimum atomic E-state index is -1.73. The van der Waals surface area contributed by atoms with Crippen LogP contribution in [-0.2, 0) is 27.1 Å². The van der Waals surface area contributed by atoms with Gasteiger partial charge in [0.15, 0.2) is 0 Å². The predicted octanol–water partition coefficient (Wildman–Crippen LogP) is 35.1. The van der Waals surface area contributed by atoms with Crippen LogP contribution in [0.15, 0.2) is 162 Å². The Morgan fingerprint density at radius 2 is 0.628 bits per heavy atom. The van der Waals surface area contributed by atoms with Crippen molar-refractivity contribution in [3.8, 4) is 0 Å². The molecule has 0 N–H and O–H groups in total. The lowest BCUT2D eigenvalue weighted by atomic mass is 9.75. The summed E-state index contributed by atoms with van der Waals surface area (Å²) in [4.78, 5) is 0. The second kappa shape index (κ2) is 37.2. The van der Waals surface area contributed by atoms with Crippen LogP contribution in [0.3, 0.4) is 0 Å². The molecule has 9 fully saturated rings. The Morgan fingerprint density at radius 3 is 1.02 bits per heavy atom. The monoisotopic (exact) mass is 1910 g/mol. The Bertz CT molecular complexity index is 5310. The van der Waals surface area contributed by atoms with E-state index in [0.29, 0.717) is 11.5 Å². The van der Waals surface area contributed by atoms with Crippen molar-refractivity contribution in [3.63, 3.8) is 0 Å². The Hall–Kier alpha value is -4.49. The van der Waals surface area contributed by atoms with Gasteiger partial charge in [-0.15, -0.1) is 0 Å². The highest BCUT2D eigenvalue weighted by Gasteiger charge is 2.65. The molecule has 4 aromatic rings. The fourth-order valence-corrected chi connectivity index (χ4v) is 63.2. The van der Waals surface area contributed by atoms with E-state index in [0.717, 1.165) is 87.5 Å². The Morgan fingerprint density at radius 1 is 0.299 bits per heavy atom. The second-order valence-electron chi connectivity index (χ2n) is 58.0. The molecule has 0 radical (unpaired) electrons. The number of hydrogen-bond acceptors (Lipinski definition) is 4. The fraction of sp³-hybridized carbons (Fsp3) is 0.690. The van der Waals surface area contributed by atoms with E-state index in [1.807, 2.05) is 0 Å². The lowest BCUT2D eigenvalue weighted by Gasteiger charge is -2.61. The summed E-state index contributed by atoms with van der Waals surface area (Å²) in [5.74, 6) is 7.62. The first kappa shape index (κ1) is 103. The normalized spacial score (nSPS) is 31.4. The molecule has 0 spiro atoms. The van der Waals surface area contributed by atoms with Gasteiger partial charge in [-0.1, -0.05) is 339 Å². The molecule has 17 aliphatic rings. The molecule has 137 heavy (non-hydrogen) atoms. The minimum Gasteiger partial charge on any atom is -0.320 e. The number of benzene rings is 4. The summed E-state index contributed by atoms with van der Waals surface area (Å²) < 4.78 is 12.6. The molecule has 4 nitrogen and oxygen atoms in total. The zero-order valence-corrected chi connectivity index (χ0v) is 97.8. The molecular weight excluding hydrogens is 1720 g/mol. The highest BCUT2D eigenvalue weighted by Crippen LogP contribution is 2.69. The molecule has 0 bridgehead atoms. The molecule has 14 aliphatic carbocycles. The number of hydrogen-bond donors (Lipinski definition) is 0. The van der Waals surface area contributed by atoms with Crippen LogP contribution in [0, 0.1) is 59.2 Å². The topological polar surface area (TPSA) is 13.0 Å². The first-order chi connectivity index (χ1) is 64.2. The van der Waals surface area contributed by atoms with Gasteiger partial charge in [-0.25, -0.2) is 0 Å². The van der Waals surface area contributed by atoms with Crippen molar-refractivity contribution < 1.29 is 0 Å². The quantitative estimate of drug-likeness (QED) is 0.147.